The van der Waals surface area contributed by atoms with Crippen molar-refractivity contribution in [3.8, 4) is 0 Å². The molecule has 1 heterocycles. The van der Waals surface area contributed by atoms with Crippen LogP contribution in [0.4, 0.5) is 0 Å². The highest BCUT2D eigenvalue weighted by molar-refractivity contribution is 5.22. The van der Waals surface area contributed by atoms with Crippen molar-refractivity contribution in [3.63, 3.8) is 0 Å². The molecule has 2 atom stereocenters. The first-order valence-electron chi connectivity index (χ1n) is 6.94. The zero-order chi connectivity index (χ0) is 13.7. The van der Waals surface area contributed by atoms with E-state index in [0.29, 0.717) is 12.0 Å². The lowest BCUT2D eigenvalue weighted by molar-refractivity contribution is 0.448. The summed E-state index contributed by atoms with van der Waals surface area (Å²) in [5.41, 5.74) is 2.70. The summed E-state index contributed by atoms with van der Waals surface area (Å²) in [6, 6.07) is 11.2. The van der Waals surface area contributed by atoms with Gasteiger partial charge in [0.05, 0.1) is 6.20 Å². The van der Waals surface area contributed by atoms with Crippen molar-refractivity contribution < 1.29 is 0 Å². The molecular formula is C16H23N3. The number of likely N-dealkylation sites (N-methyl/N-ethyl adjacent to an activating group) is 1. The lowest BCUT2D eigenvalue weighted by Gasteiger charge is -2.26. The van der Waals surface area contributed by atoms with Crippen LogP contribution in [0.25, 0.3) is 0 Å². The molecule has 0 spiro atoms. The predicted molar refractivity (Wildman–Crippen MR) is 79.2 cm³/mol. The van der Waals surface area contributed by atoms with Gasteiger partial charge in [0, 0.05) is 19.3 Å². The van der Waals surface area contributed by atoms with E-state index in [0.717, 1.165) is 12.8 Å². The van der Waals surface area contributed by atoms with E-state index in [9.17, 15) is 0 Å². The molecule has 0 aliphatic heterocycles. The quantitative estimate of drug-likeness (QED) is 0.862. The molecular weight excluding hydrogens is 234 g/mol. The fourth-order valence-corrected chi connectivity index (χ4v) is 2.73. The normalized spacial score (nSPS) is 14.3. The zero-order valence-electron chi connectivity index (χ0n) is 12.0. The van der Waals surface area contributed by atoms with Crippen molar-refractivity contribution in [2.24, 2.45) is 7.05 Å². The topological polar surface area (TPSA) is 29.9 Å². The number of aromatic nitrogens is 2. The molecule has 0 amide bonds. The molecule has 3 heteroatoms. The Hall–Kier alpha value is -1.61. The maximum Gasteiger partial charge on any atom is 0.0522 e. The average molecular weight is 257 g/mol. The van der Waals surface area contributed by atoms with Crippen LogP contribution in [-0.4, -0.2) is 22.9 Å². The Morgan fingerprint density at radius 2 is 2.00 bits per heavy atom. The van der Waals surface area contributed by atoms with Crippen LogP contribution in [0.15, 0.2) is 42.7 Å². The minimum atomic E-state index is 0.441. The van der Waals surface area contributed by atoms with Crippen molar-refractivity contribution >= 4 is 0 Å². The summed E-state index contributed by atoms with van der Waals surface area (Å²) in [5.74, 6) is 0.534. The van der Waals surface area contributed by atoms with E-state index in [1.807, 2.05) is 25.0 Å². The molecule has 1 aromatic carbocycles. The van der Waals surface area contributed by atoms with Gasteiger partial charge < -0.3 is 5.32 Å². The average Bonchev–Trinajstić information content (AvgIpc) is 2.85. The van der Waals surface area contributed by atoms with Crippen LogP contribution >= 0.6 is 0 Å². The Morgan fingerprint density at radius 3 is 2.53 bits per heavy atom. The third kappa shape index (κ3) is 3.44. The second kappa shape index (κ2) is 6.53. The van der Waals surface area contributed by atoms with Crippen LogP contribution in [0.5, 0.6) is 0 Å². The van der Waals surface area contributed by atoms with E-state index in [-0.39, 0.29) is 0 Å². The summed E-state index contributed by atoms with van der Waals surface area (Å²) in [4.78, 5) is 0. The van der Waals surface area contributed by atoms with E-state index in [1.165, 1.54) is 11.1 Å². The second-order valence-corrected chi connectivity index (χ2v) is 5.05. The molecule has 0 saturated heterocycles. The van der Waals surface area contributed by atoms with Crippen LogP contribution in [0.3, 0.4) is 0 Å². The van der Waals surface area contributed by atoms with Gasteiger partial charge in [0.2, 0.25) is 0 Å². The Morgan fingerprint density at radius 1 is 1.26 bits per heavy atom. The largest absolute Gasteiger partial charge is 0.316 e. The molecule has 0 saturated carbocycles. The lowest BCUT2D eigenvalue weighted by atomic mass is 9.86. The summed E-state index contributed by atoms with van der Waals surface area (Å²) in [7, 11) is 4.01. The number of benzene rings is 1. The predicted octanol–water partition coefficient (Wildman–Crippen LogP) is 2.74. The van der Waals surface area contributed by atoms with Crippen molar-refractivity contribution in [1.29, 1.82) is 0 Å². The van der Waals surface area contributed by atoms with E-state index in [1.54, 1.807) is 0 Å². The van der Waals surface area contributed by atoms with Gasteiger partial charge in [0.25, 0.3) is 0 Å². The standard InChI is InChI=1S/C16H23N3/c1-4-15(14-8-6-5-7-9-14)16(17-2)10-13-11-18-19(3)12-13/h5-9,11-12,15-17H,4,10H2,1-3H3. The molecule has 0 aliphatic rings. The first kappa shape index (κ1) is 13.8. The van der Waals surface area contributed by atoms with E-state index in [2.05, 4.69) is 53.9 Å². The van der Waals surface area contributed by atoms with Gasteiger partial charge in [0.15, 0.2) is 0 Å². The summed E-state index contributed by atoms with van der Waals surface area (Å²) in [6.07, 6.45) is 6.21. The van der Waals surface area contributed by atoms with Crippen molar-refractivity contribution in [2.75, 3.05) is 7.05 Å². The van der Waals surface area contributed by atoms with E-state index in [4.69, 9.17) is 0 Å². The van der Waals surface area contributed by atoms with Gasteiger partial charge >= 0.3 is 0 Å². The molecule has 0 aliphatic carbocycles. The van der Waals surface area contributed by atoms with Crippen molar-refractivity contribution in [2.45, 2.75) is 31.7 Å². The van der Waals surface area contributed by atoms with Gasteiger partial charge in [-0.25, -0.2) is 0 Å². The van der Waals surface area contributed by atoms with E-state index >= 15 is 0 Å². The molecule has 19 heavy (non-hydrogen) atoms. The Bertz CT molecular complexity index is 490. The fourth-order valence-electron chi connectivity index (χ4n) is 2.73. The van der Waals surface area contributed by atoms with E-state index < -0.39 is 0 Å². The van der Waals surface area contributed by atoms with Crippen LogP contribution in [0, 0.1) is 0 Å². The third-order valence-electron chi connectivity index (χ3n) is 3.74. The summed E-state index contributed by atoms with van der Waals surface area (Å²) < 4.78 is 1.87. The van der Waals surface area contributed by atoms with Gasteiger partial charge in [-0.1, -0.05) is 37.3 Å². The van der Waals surface area contributed by atoms with Gasteiger partial charge in [0.1, 0.15) is 0 Å². The first-order chi connectivity index (χ1) is 9.24. The smallest absolute Gasteiger partial charge is 0.0522 e. The molecule has 2 unspecified atom stereocenters. The highest BCUT2D eigenvalue weighted by atomic mass is 15.2. The Balaban J connectivity index is 2.15. The minimum absolute atomic E-state index is 0.441. The molecule has 1 N–H and O–H groups in total. The van der Waals surface area contributed by atoms with Gasteiger partial charge in [-0.15, -0.1) is 0 Å². The maximum absolute atomic E-state index is 4.25. The van der Waals surface area contributed by atoms with Crippen LogP contribution < -0.4 is 5.32 Å². The van der Waals surface area contributed by atoms with Crippen LogP contribution in [0.2, 0.25) is 0 Å². The fraction of sp³-hybridized carbons (Fsp3) is 0.438. The second-order valence-electron chi connectivity index (χ2n) is 5.05. The molecule has 102 valence electrons. The van der Waals surface area contributed by atoms with Crippen LogP contribution in [0.1, 0.15) is 30.4 Å². The highest BCUT2D eigenvalue weighted by Gasteiger charge is 2.20. The van der Waals surface area contributed by atoms with Gasteiger partial charge in [-0.05, 0) is 36.9 Å². The molecule has 2 rings (SSSR count). The molecule has 0 fully saturated rings. The minimum Gasteiger partial charge on any atom is -0.316 e. The first-order valence-corrected chi connectivity index (χ1v) is 6.94. The van der Waals surface area contributed by atoms with Crippen LogP contribution in [-0.2, 0) is 13.5 Å². The highest BCUT2D eigenvalue weighted by Crippen LogP contribution is 2.25. The SMILES string of the molecule is CCC(c1ccccc1)C(Cc1cnn(C)c1)NC. The zero-order valence-corrected chi connectivity index (χ0v) is 12.0. The summed E-state index contributed by atoms with van der Waals surface area (Å²) in [5, 5.41) is 7.72. The third-order valence-corrected chi connectivity index (χ3v) is 3.74. The van der Waals surface area contributed by atoms with Crippen molar-refractivity contribution in [1.82, 2.24) is 15.1 Å². The number of aryl methyl sites for hydroxylation is 1. The lowest BCUT2D eigenvalue weighted by Crippen LogP contribution is -2.34. The molecule has 0 bridgehead atoms. The Labute approximate surface area is 115 Å². The van der Waals surface area contributed by atoms with Gasteiger partial charge in [-0.2, -0.15) is 5.10 Å². The number of hydrogen-bond acceptors (Lipinski definition) is 2. The molecule has 1 aromatic heterocycles. The number of hydrogen-bond donors (Lipinski definition) is 1. The van der Waals surface area contributed by atoms with Gasteiger partial charge in [-0.3, -0.25) is 4.68 Å². The maximum atomic E-state index is 4.25. The molecule has 2 aromatic rings. The molecule has 3 nitrogen and oxygen atoms in total. The Kier molecular flexibility index (Phi) is 4.74. The number of nitrogens with one attached hydrogen (secondary N) is 1. The summed E-state index contributed by atoms with van der Waals surface area (Å²) >= 11 is 0. The monoisotopic (exact) mass is 257 g/mol. The number of rotatable bonds is 6. The molecule has 0 radical (unpaired) electrons. The summed E-state index contributed by atoms with van der Waals surface area (Å²) in [6.45, 7) is 2.26. The number of nitrogens with zero attached hydrogens (tertiary/aromatic N) is 2. The van der Waals surface area contributed by atoms with Crippen molar-refractivity contribution in [3.05, 3.63) is 53.9 Å².